The zero-order valence-electron chi connectivity index (χ0n) is 9.02. The van der Waals surface area contributed by atoms with Gasteiger partial charge in [-0.1, -0.05) is 6.92 Å². The molecule has 1 N–H and O–H groups in total. The molecule has 0 unspecified atom stereocenters. The number of rotatable bonds is 3. The molecule has 1 aliphatic carbocycles. The summed E-state index contributed by atoms with van der Waals surface area (Å²) in [6.07, 6.45) is 4.75. The van der Waals surface area contributed by atoms with Crippen molar-refractivity contribution in [3.8, 4) is 0 Å². The molecule has 0 aromatic carbocycles. The fraction of sp³-hybridized carbons (Fsp3) is 0.909. The van der Waals surface area contributed by atoms with E-state index in [4.69, 9.17) is 0 Å². The quantitative estimate of drug-likeness (QED) is 0.727. The van der Waals surface area contributed by atoms with Crippen LogP contribution >= 0.6 is 0 Å². The van der Waals surface area contributed by atoms with Gasteiger partial charge in [-0.3, -0.25) is 4.79 Å². The summed E-state index contributed by atoms with van der Waals surface area (Å²) < 4.78 is 0. The van der Waals surface area contributed by atoms with Crippen LogP contribution in [0.15, 0.2) is 0 Å². The first-order valence-electron chi connectivity index (χ1n) is 5.33. The number of hydrogen-bond acceptors (Lipinski definition) is 2. The Hall–Kier alpha value is -0.370. The van der Waals surface area contributed by atoms with Gasteiger partial charge in [-0.25, -0.2) is 0 Å². The third-order valence-electron chi connectivity index (χ3n) is 3.02. The van der Waals surface area contributed by atoms with Crippen molar-refractivity contribution >= 4 is 5.78 Å². The van der Waals surface area contributed by atoms with Gasteiger partial charge in [0, 0.05) is 24.4 Å². The second kappa shape index (κ2) is 4.23. The van der Waals surface area contributed by atoms with E-state index in [-0.39, 0.29) is 5.54 Å². The van der Waals surface area contributed by atoms with Crippen molar-refractivity contribution in [2.24, 2.45) is 0 Å². The summed E-state index contributed by atoms with van der Waals surface area (Å²) >= 11 is 0. The van der Waals surface area contributed by atoms with Gasteiger partial charge in [0.25, 0.3) is 0 Å². The number of hydrogen-bond donors (Lipinski definition) is 1. The minimum Gasteiger partial charge on any atom is -0.309 e. The van der Waals surface area contributed by atoms with Crippen LogP contribution in [0.2, 0.25) is 0 Å². The molecular weight excluding hydrogens is 162 g/mol. The van der Waals surface area contributed by atoms with Crippen LogP contribution in [0, 0.1) is 0 Å². The van der Waals surface area contributed by atoms with Crippen molar-refractivity contribution in [2.45, 2.75) is 64.5 Å². The maximum atomic E-state index is 11.0. The highest BCUT2D eigenvalue weighted by atomic mass is 16.1. The molecule has 1 saturated carbocycles. The molecule has 0 atom stereocenters. The Kier molecular flexibility index (Phi) is 3.48. The summed E-state index contributed by atoms with van der Waals surface area (Å²) in [6.45, 7) is 6.65. The molecule has 0 aliphatic heterocycles. The topological polar surface area (TPSA) is 29.1 Å². The van der Waals surface area contributed by atoms with Crippen LogP contribution in [0.5, 0.6) is 0 Å². The Morgan fingerprint density at radius 3 is 2.38 bits per heavy atom. The van der Waals surface area contributed by atoms with Crippen LogP contribution in [-0.4, -0.2) is 17.4 Å². The summed E-state index contributed by atoms with van der Waals surface area (Å²) in [5.74, 6) is 0.437. The van der Waals surface area contributed by atoms with E-state index >= 15 is 0 Å². The molecule has 0 bridgehead atoms. The first kappa shape index (κ1) is 10.7. The minimum absolute atomic E-state index is 0.227. The van der Waals surface area contributed by atoms with Crippen LogP contribution in [-0.2, 0) is 4.79 Å². The summed E-state index contributed by atoms with van der Waals surface area (Å²) in [6, 6.07) is 0.563. The maximum Gasteiger partial charge on any atom is 0.133 e. The third-order valence-corrected chi connectivity index (χ3v) is 3.02. The van der Waals surface area contributed by atoms with E-state index in [1.165, 1.54) is 0 Å². The molecule has 76 valence electrons. The minimum atomic E-state index is 0.227. The van der Waals surface area contributed by atoms with E-state index in [0.29, 0.717) is 11.8 Å². The zero-order valence-corrected chi connectivity index (χ0v) is 9.02. The molecule has 1 fully saturated rings. The lowest BCUT2D eigenvalue weighted by Gasteiger charge is -2.32. The Labute approximate surface area is 81.1 Å². The summed E-state index contributed by atoms with van der Waals surface area (Å²) in [5, 5.41) is 3.61. The second-order valence-electron chi connectivity index (χ2n) is 4.69. The average molecular weight is 183 g/mol. The highest BCUT2D eigenvalue weighted by Crippen LogP contribution is 2.18. The highest BCUT2D eigenvalue weighted by molar-refractivity contribution is 5.79. The molecule has 2 heteroatoms. The SMILES string of the molecule is CCC(C)(C)NC1CCC(=O)CC1. The van der Waals surface area contributed by atoms with Gasteiger partial charge >= 0.3 is 0 Å². The van der Waals surface area contributed by atoms with E-state index in [9.17, 15) is 4.79 Å². The first-order chi connectivity index (χ1) is 6.03. The lowest BCUT2D eigenvalue weighted by Crippen LogP contribution is -2.46. The smallest absolute Gasteiger partial charge is 0.133 e. The van der Waals surface area contributed by atoms with Crippen LogP contribution in [0.1, 0.15) is 52.9 Å². The van der Waals surface area contributed by atoms with Crippen molar-refractivity contribution < 1.29 is 4.79 Å². The van der Waals surface area contributed by atoms with E-state index in [1.807, 2.05) is 0 Å². The van der Waals surface area contributed by atoms with E-state index in [2.05, 4.69) is 26.1 Å². The Bertz CT molecular complexity index is 177. The number of carbonyl (C=O) groups excluding carboxylic acids is 1. The molecule has 0 aromatic heterocycles. The molecule has 1 rings (SSSR count). The third kappa shape index (κ3) is 3.47. The van der Waals surface area contributed by atoms with Gasteiger partial charge in [-0.05, 0) is 33.1 Å². The van der Waals surface area contributed by atoms with Gasteiger partial charge in [0.2, 0.25) is 0 Å². The van der Waals surface area contributed by atoms with E-state index < -0.39 is 0 Å². The lowest BCUT2D eigenvalue weighted by molar-refractivity contribution is -0.120. The predicted octanol–water partition coefficient (Wildman–Crippen LogP) is 2.28. The normalized spacial score (nSPS) is 20.7. The van der Waals surface area contributed by atoms with Crippen molar-refractivity contribution in [1.82, 2.24) is 5.32 Å². The van der Waals surface area contributed by atoms with E-state index in [0.717, 1.165) is 32.1 Å². The van der Waals surface area contributed by atoms with Gasteiger partial charge in [0.1, 0.15) is 5.78 Å². The molecule has 0 saturated heterocycles. The van der Waals surface area contributed by atoms with Crippen LogP contribution in [0.4, 0.5) is 0 Å². The van der Waals surface area contributed by atoms with Crippen molar-refractivity contribution in [3.05, 3.63) is 0 Å². The monoisotopic (exact) mass is 183 g/mol. The lowest BCUT2D eigenvalue weighted by atomic mass is 9.91. The Morgan fingerprint density at radius 2 is 1.92 bits per heavy atom. The molecule has 0 spiro atoms. The summed E-state index contributed by atoms with van der Waals surface area (Å²) in [7, 11) is 0. The van der Waals surface area contributed by atoms with Gasteiger partial charge in [0.15, 0.2) is 0 Å². The molecule has 2 nitrogen and oxygen atoms in total. The van der Waals surface area contributed by atoms with E-state index in [1.54, 1.807) is 0 Å². The standard InChI is InChI=1S/C11H21NO/c1-4-11(2,3)12-9-5-7-10(13)8-6-9/h9,12H,4-8H2,1-3H3. The molecule has 0 aromatic rings. The van der Waals surface area contributed by atoms with Gasteiger partial charge in [-0.2, -0.15) is 0 Å². The number of carbonyl (C=O) groups is 1. The maximum absolute atomic E-state index is 11.0. The first-order valence-corrected chi connectivity index (χ1v) is 5.33. The fourth-order valence-electron chi connectivity index (χ4n) is 1.74. The fourth-order valence-corrected chi connectivity index (χ4v) is 1.74. The molecule has 13 heavy (non-hydrogen) atoms. The van der Waals surface area contributed by atoms with Gasteiger partial charge < -0.3 is 5.32 Å². The van der Waals surface area contributed by atoms with Crippen LogP contribution < -0.4 is 5.32 Å². The van der Waals surface area contributed by atoms with Gasteiger partial charge in [-0.15, -0.1) is 0 Å². The van der Waals surface area contributed by atoms with Crippen molar-refractivity contribution in [3.63, 3.8) is 0 Å². The summed E-state index contributed by atoms with van der Waals surface area (Å²) in [5.41, 5.74) is 0.227. The van der Waals surface area contributed by atoms with Crippen molar-refractivity contribution in [2.75, 3.05) is 0 Å². The number of ketones is 1. The van der Waals surface area contributed by atoms with Crippen LogP contribution in [0.3, 0.4) is 0 Å². The summed E-state index contributed by atoms with van der Waals surface area (Å²) in [4.78, 5) is 11.0. The second-order valence-corrected chi connectivity index (χ2v) is 4.69. The van der Waals surface area contributed by atoms with Crippen LogP contribution in [0.25, 0.3) is 0 Å². The molecular formula is C11H21NO. The Morgan fingerprint density at radius 1 is 1.38 bits per heavy atom. The Balaban J connectivity index is 2.34. The molecule has 1 aliphatic rings. The molecule has 0 heterocycles. The predicted molar refractivity (Wildman–Crippen MR) is 54.8 cm³/mol. The number of nitrogens with one attached hydrogen (secondary N) is 1. The average Bonchev–Trinajstić information content (AvgIpc) is 2.09. The largest absolute Gasteiger partial charge is 0.309 e. The zero-order chi connectivity index (χ0) is 9.90. The highest BCUT2D eigenvalue weighted by Gasteiger charge is 2.23. The van der Waals surface area contributed by atoms with Gasteiger partial charge in [0.05, 0.1) is 0 Å². The molecule has 0 amide bonds. The number of Topliss-reactive ketones (excluding diaryl/α,β-unsaturated/α-hetero) is 1. The van der Waals surface area contributed by atoms with Crippen molar-refractivity contribution in [1.29, 1.82) is 0 Å². The molecule has 0 radical (unpaired) electrons.